The zero-order valence-electron chi connectivity index (χ0n) is 20.0. The van der Waals surface area contributed by atoms with Gasteiger partial charge in [0.15, 0.2) is 17.2 Å². The van der Waals surface area contributed by atoms with E-state index in [1.807, 2.05) is 0 Å². The third-order valence-corrected chi connectivity index (χ3v) is 5.77. The van der Waals surface area contributed by atoms with Gasteiger partial charge in [-0.05, 0) is 45.7 Å². The fourth-order valence-electron chi connectivity index (χ4n) is 3.97. The number of ketones is 1. The van der Waals surface area contributed by atoms with E-state index in [0.717, 1.165) is 25.4 Å². The Morgan fingerprint density at radius 2 is 1.86 bits per heavy atom. The molecule has 1 aliphatic carbocycles. The van der Waals surface area contributed by atoms with E-state index >= 15 is 0 Å². The van der Waals surface area contributed by atoms with Crippen LogP contribution in [-0.4, -0.2) is 35.5 Å². The Balaban J connectivity index is 2.06. The van der Waals surface area contributed by atoms with Gasteiger partial charge in [0, 0.05) is 23.7 Å². The molecule has 3 rings (SSSR count). The molecule has 2 aromatic rings. The molecule has 1 aliphatic rings. The highest BCUT2D eigenvalue weighted by molar-refractivity contribution is 5.95. The van der Waals surface area contributed by atoms with Gasteiger partial charge < -0.3 is 18.8 Å². The van der Waals surface area contributed by atoms with Crippen molar-refractivity contribution in [2.45, 2.75) is 65.2 Å². The summed E-state index contributed by atoms with van der Waals surface area (Å²) in [6, 6.07) is 1.37. The Labute approximate surface area is 200 Å². The lowest BCUT2D eigenvalue weighted by Crippen LogP contribution is -2.33. The van der Waals surface area contributed by atoms with Crippen LogP contribution in [-0.2, 0) is 20.9 Å². The molecule has 1 aromatic carbocycles. The summed E-state index contributed by atoms with van der Waals surface area (Å²) in [5.74, 6) is -4.24. The molecule has 10 heteroatoms. The fraction of sp³-hybridized carbons (Fsp3) is 0.440. The van der Waals surface area contributed by atoms with Gasteiger partial charge in [-0.2, -0.15) is 0 Å². The summed E-state index contributed by atoms with van der Waals surface area (Å²) in [7, 11) is 1.15. The van der Waals surface area contributed by atoms with E-state index < -0.39 is 59.1 Å². The first-order valence-corrected chi connectivity index (χ1v) is 11.2. The van der Waals surface area contributed by atoms with Gasteiger partial charge >= 0.3 is 11.9 Å². The van der Waals surface area contributed by atoms with Gasteiger partial charge in [-0.15, -0.1) is 0 Å². The number of esters is 2. The number of Topliss-reactive ketones (excluding diaryl/α,β-unsaturated/α-hetero) is 1. The van der Waals surface area contributed by atoms with Crippen molar-refractivity contribution < 1.29 is 37.4 Å². The molecule has 0 N–H and O–H groups in total. The molecule has 188 valence electrons. The molecule has 0 unspecified atom stereocenters. The molecule has 0 spiro atoms. The van der Waals surface area contributed by atoms with Crippen molar-refractivity contribution in [3.05, 3.63) is 62.6 Å². The van der Waals surface area contributed by atoms with Crippen LogP contribution in [0.2, 0.25) is 0 Å². The molecule has 1 saturated carbocycles. The number of benzene rings is 1. The van der Waals surface area contributed by atoms with E-state index in [1.54, 1.807) is 13.8 Å². The van der Waals surface area contributed by atoms with Gasteiger partial charge in [0.05, 0.1) is 19.3 Å². The standard InChI is InChI=1S/C25H27F2NO7/c1-13(2)35-25(32)21-23(33-4)22(30)16(11-28(21)18-7-5-6-8-19(18)29)24(31)34-12-15-9-10-17(26)14(3)20(15)27/h9-11,13,18H,5-8,12H2,1-4H3/t18-/m0/s1. The number of nitrogens with zero attached hydrogens (tertiary/aromatic N) is 1. The summed E-state index contributed by atoms with van der Waals surface area (Å²) in [4.78, 5) is 51.5. The second-order valence-corrected chi connectivity index (χ2v) is 8.56. The molecular weight excluding hydrogens is 464 g/mol. The molecule has 1 fully saturated rings. The van der Waals surface area contributed by atoms with Crippen molar-refractivity contribution in [2.24, 2.45) is 0 Å². The molecule has 1 aromatic heterocycles. The normalized spacial score (nSPS) is 15.7. The summed E-state index contributed by atoms with van der Waals surface area (Å²) >= 11 is 0. The first-order valence-electron chi connectivity index (χ1n) is 11.2. The molecule has 0 aliphatic heterocycles. The van der Waals surface area contributed by atoms with Crippen LogP contribution in [0.4, 0.5) is 8.78 Å². The van der Waals surface area contributed by atoms with Crippen molar-refractivity contribution >= 4 is 17.7 Å². The zero-order valence-corrected chi connectivity index (χ0v) is 20.0. The summed E-state index contributed by atoms with van der Waals surface area (Å²) < 4.78 is 44.7. The van der Waals surface area contributed by atoms with Gasteiger partial charge in [-0.1, -0.05) is 6.42 Å². The predicted octanol–water partition coefficient (Wildman–Crippen LogP) is 4.05. The van der Waals surface area contributed by atoms with E-state index in [-0.39, 0.29) is 29.0 Å². The summed E-state index contributed by atoms with van der Waals surface area (Å²) in [5, 5.41) is 0. The number of halogens is 2. The van der Waals surface area contributed by atoms with Crippen LogP contribution in [0.5, 0.6) is 5.75 Å². The van der Waals surface area contributed by atoms with Gasteiger partial charge in [0.2, 0.25) is 5.43 Å². The van der Waals surface area contributed by atoms with E-state index in [9.17, 15) is 28.0 Å². The highest BCUT2D eigenvalue weighted by atomic mass is 19.1. The number of rotatable bonds is 7. The molecule has 0 bridgehead atoms. The van der Waals surface area contributed by atoms with E-state index in [2.05, 4.69) is 0 Å². The molecule has 1 heterocycles. The van der Waals surface area contributed by atoms with Crippen molar-refractivity contribution in [3.63, 3.8) is 0 Å². The minimum absolute atomic E-state index is 0.0795. The van der Waals surface area contributed by atoms with Crippen LogP contribution < -0.4 is 10.2 Å². The van der Waals surface area contributed by atoms with Gasteiger partial charge in [0.1, 0.15) is 23.8 Å². The van der Waals surface area contributed by atoms with Crippen molar-refractivity contribution in [2.75, 3.05) is 7.11 Å². The smallest absolute Gasteiger partial charge is 0.359 e. The SMILES string of the molecule is COc1c(C(=O)OC(C)C)n([C@H]2CCCCC2=O)cc(C(=O)OCc2ccc(F)c(C)c2F)c1=O. The lowest BCUT2D eigenvalue weighted by molar-refractivity contribution is -0.123. The topological polar surface area (TPSA) is 101 Å². The average molecular weight is 491 g/mol. The lowest BCUT2D eigenvalue weighted by atomic mass is 9.93. The Kier molecular flexibility index (Phi) is 8.03. The van der Waals surface area contributed by atoms with Crippen molar-refractivity contribution in [1.29, 1.82) is 0 Å². The first kappa shape index (κ1) is 26.1. The Morgan fingerprint density at radius 3 is 2.49 bits per heavy atom. The average Bonchev–Trinajstić information content (AvgIpc) is 2.81. The van der Waals surface area contributed by atoms with E-state index in [0.29, 0.717) is 19.3 Å². The maximum absolute atomic E-state index is 14.3. The second kappa shape index (κ2) is 10.8. The monoisotopic (exact) mass is 491 g/mol. The number of pyridine rings is 1. The molecule has 0 radical (unpaired) electrons. The Hall–Kier alpha value is -3.56. The number of ether oxygens (including phenoxy) is 3. The summed E-state index contributed by atoms with van der Waals surface area (Å²) in [6.45, 7) is 3.93. The number of carbonyl (C=O) groups is 3. The summed E-state index contributed by atoms with van der Waals surface area (Å²) in [5.41, 5.74) is -2.03. The maximum Gasteiger partial charge on any atom is 0.359 e. The predicted molar refractivity (Wildman–Crippen MR) is 121 cm³/mol. The van der Waals surface area contributed by atoms with Gasteiger partial charge in [-0.25, -0.2) is 18.4 Å². The highest BCUT2D eigenvalue weighted by Crippen LogP contribution is 2.30. The summed E-state index contributed by atoms with van der Waals surface area (Å²) in [6.07, 6.45) is 2.63. The van der Waals surface area contributed by atoms with E-state index in [4.69, 9.17) is 14.2 Å². The number of hydrogen-bond donors (Lipinski definition) is 0. The molecular formula is C25H27F2NO7. The molecule has 0 saturated heterocycles. The quantitative estimate of drug-likeness (QED) is 0.539. The van der Waals surface area contributed by atoms with Gasteiger partial charge in [0.25, 0.3) is 0 Å². The third kappa shape index (κ3) is 5.41. The van der Waals surface area contributed by atoms with Gasteiger partial charge in [-0.3, -0.25) is 9.59 Å². The van der Waals surface area contributed by atoms with E-state index in [1.165, 1.54) is 11.5 Å². The van der Waals surface area contributed by atoms with Crippen molar-refractivity contribution in [1.82, 2.24) is 4.57 Å². The zero-order chi connectivity index (χ0) is 25.9. The highest BCUT2D eigenvalue weighted by Gasteiger charge is 2.33. The molecule has 35 heavy (non-hydrogen) atoms. The lowest BCUT2D eigenvalue weighted by Gasteiger charge is -2.27. The Bertz CT molecular complexity index is 1220. The molecule has 0 amide bonds. The van der Waals surface area contributed by atoms with Crippen LogP contribution in [0.1, 0.15) is 77.5 Å². The maximum atomic E-state index is 14.3. The molecule has 8 nitrogen and oxygen atoms in total. The van der Waals surface area contributed by atoms with Crippen molar-refractivity contribution in [3.8, 4) is 5.75 Å². The number of aromatic nitrogens is 1. The number of methoxy groups -OCH3 is 1. The molecule has 1 atom stereocenters. The second-order valence-electron chi connectivity index (χ2n) is 8.56. The van der Waals surface area contributed by atoms with Crippen LogP contribution in [0, 0.1) is 18.6 Å². The van der Waals surface area contributed by atoms with Crippen LogP contribution in [0.3, 0.4) is 0 Å². The van der Waals surface area contributed by atoms with Crippen LogP contribution >= 0.6 is 0 Å². The number of carbonyl (C=O) groups excluding carboxylic acids is 3. The first-order chi connectivity index (χ1) is 16.6. The fourth-order valence-corrected chi connectivity index (χ4v) is 3.97. The van der Waals surface area contributed by atoms with Crippen LogP contribution in [0.15, 0.2) is 23.1 Å². The Morgan fingerprint density at radius 1 is 1.14 bits per heavy atom. The largest absolute Gasteiger partial charge is 0.491 e. The minimum Gasteiger partial charge on any atom is -0.491 e. The van der Waals surface area contributed by atoms with Crippen LogP contribution in [0.25, 0.3) is 0 Å². The minimum atomic E-state index is -1.12. The number of hydrogen-bond acceptors (Lipinski definition) is 7. The third-order valence-electron chi connectivity index (χ3n) is 5.77.